The molecule has 1 aromatic carbocycles. The summed E-state index contributed by atoms with van der Waals surface area (Å²) in [5.74, 6) is 0.483. The number of nitrogens with zero attached hydrogens (tertiary/aromatic N) is 1. The summed E-state index contributed by atoms with van der Waals surface area (Å²) < 4.78 is 5.46. The van der Waals surface area contributed by atoms with Gasteiger partial charge in [-0.15, -0.1) is 0 Å². The first-order valence-corrected chi connectivity index (χ1v) is 7.31. The molecule has 0 bridgehead atoms. The molecule has 4 nitrogen and oxygen atoms in total. The van der Waals surface area contributed by atoms with Crippen LogP contribution in [0.5, 0.6) is 0 Å². The van der Waals surface area contributed by atoms with Gasteiger partial charge in [0.15, 0.2) is 0 Å². The van der Waals surface area contributed by atoms with Crippen LogP contribution in [0.2, 0.25) is 0 Å². The van der Waals surface area contributed by atoms with E-state index < -0.39 is 0 Å². The molecule has 0 aliphatic heterocycles. The molecule has 0 radical (unpaired) electrons. The van der Waals surface area contributed by atoms with Crippen molar-refractivity contribution in [2.75, 3.05) is 0 Å². The van der Waals surface area contributed by atoms with E-state index in [9.17, 15) is 4.79 Å². The molecule has 0 fully saturated rings. The fraction of sp³-hybridized carbons (Fsp3) is 0.0526. The van der Waals surface area contributed by atoms with Crippen molar-refractivity contribution in [3.05, 3.63) is 96.2 Å². The average Bonchev–Trinajstić information content (AvgIpc) is 3.14. The zero-order valence-corrected chi connectivity index (χ0v) is 12.4. The minimum absolute atomic E-state index is 0.207. The lowest BCUT2D eigenvalue weighted by Crippen LogP contribution is -2.27. The summed E-state index contributed by atoms with van der Waals surface area (Å²) in [6.07, 6.45) is 6.44. The van der Waals surface area contributed by atoms with Gasteiger partial charge in [0.1, 0.15) is 11.8 Å². The van der Waals surface area contributed by atoms with Gasteiger partial charge >= 0.3 is 0 Å². The Balaban J connectivity index is 1.77. The number of rotatable bonds is 5. The molecule has 0 saturated carbocycles. The molecular weight excluding hydrogens is 288 g/mol. The highest BCUT2D eigenvalue weighted by Gasteiger charge is 2.17. The van der Waals surface area contributed by atoms with Gasteiger partial charge in [-0.3, -0.25) is 9.78 Å². The molecule has 114 valence electrons. The normalized spacial score (nSPS) is 12.2. The molecule has 23 heavy (non-hydrogen) atoms. The average molecular weight is 304 g/mol. The lowest BCUT2D eigenvalue weighted by molar-refractivity contribution is -0.117. The first-order valence-electron chi connectivity index (χ1n) is 7.31. The topological polar surface area (TPSA) is 55.1 Å². The summed E-state index contributed by atoms with van der Waals surface area (Å²) in [5.41, 5.74) is 1.69. The van der Waals surface area contributed by atoms with E-state index in [2.05, 4.69) is 10.3 Å². The number of hydrogen-bond donors (Lipinski definition) is 1. The van der Waals surface area contributed by atoms with E-state index in [0.29, 0.717) is 5.76 Å². The van der Waals surface area contributed by atoms with Gasteiger partial charge in [0.05, 0.1) is 12.0 Å². The van der Waals surface area contributed by atoms with Crippen LogP contribution in [-0.2, 0) is 4.79 Å². The van der Waals surface area contributed by atoms with Crippen LogP contribution in [0.3, 0.4) is 0 Å². The number of pyridine rings is 1. The highest BCUT2D eigenvalue weighted by atomic mass is 16.3. The molecule has 0 aliphatic carbocycles. The second kappa shape index (κ2) is 7.22. The first kappa shape index (κ1) is 14.8. The molecular formula is C19H16N2O2. The van der Waals surface area contributed by atoms with Crippen LogP contribution in [0.4, 0.5) is 0 Å². The van der Waals surface area contributed by atoms with Gasteiger partial charge in [0.2, 0.25) is 5.91 Å². The zero-order chi connectivity index (χ0) is 15.9. The van der Waals surface area contributed by atoms with E-state index in [1.54, 1.807) is 24.6 Å². The molecule has 0 spiro atoms. The molecule has 3 rings (SSSR count). The number of benzene rings is 1. The van der Waals surface area contributed by atoms with Gasteiger partial charge in [-0.1, -0.05) is 36.4 Å². The third-order valence-corrected chi connectivity index (χ3v) is 3.34. The fourth-order valence-corrected chi connectivity index (χ4v) is 2.25. The Labute approximate surface area is 134 Å². The zero-order valence-electron chi connectivity index (χ0n) is 12.4. The fourth-order valence-electron chi connectivity index (χ4n) is 2.25. The Morgan fingerprint density at radius 2 is 1.87 bits per heavy atom. The molecule has 0 aliphatic rings. The highest BCUT2D eigenvalue weighted by molar-refractivity contribution is 5.91. The summed E-state index contributed by atoms with van der Waals surface area (Å²) in [5, 5.41) is 2.96. The van der Waals surface area contributed by atoms with Crippen LogP contribution in [0.1, 0.15) is 23.1 Å². The smallest absolute Gasteiger partial charge is 0.244 e. The van der Waals surface area contributed by atoms with Crippen molar-refractivity contribution in [2.45, 2.75) is 6.04 Å². The number of hydrogen-bond acceptors (Lipinski definition) is 3. The molecule has 2 heterocycles. The Morgan fingerprint density at radius 3 is 2.57 bits per heavy atom. The summed E-state index contributed by atoms with van der Waals surface area (Å²) >= 11 is 0. The molecule has 1 N–H and O–H groups in total. The standard InChI is InChI=1S/C19H16N2O2/c22-18(12-11-16-9-4-5-13-20-16)21-19(17-10-6-14-23-17)15-7-2-1-3-8-15/h1-14,19H,(H,21,22)/b12-11-/t19-/m1/s1. The maximum atomic E-state index is 12.2. The Kier molecular flexibility index (Phi) is 4.64. The molecule has 3 aromatic rings. The van der Waals surface area contributed by atoms with E-state index in [0.717, 1.165) is 11.3 Å². The van der Waals surface area contributed by atoms with Crippen molar-refractivity contribution in [2.24, 2.45) is 0 Å². The van der Waals surface area contributed by atoms with E-state index in [4.69, 9.17) is 4.42 Å². The van der Waals surface area contributed by atoms with Crippen molar-refractivity contribution in [1.82, 2.24) is 10.3 Å². The van der Waals surface area contributed by atoms with Crippen LogP contribution in [-0.4, -0.2) is 10.9 Å². The lowest BCUT2D eigenvalue weighted by atomic mass is 10.0. The molecule has 2 aromatic heterocycles. The summed E-state index contributed by atoms with van der Waals surface area (Å²) in [6.45, 7) is 0. The van der Waals surface area contributed by atoms with Crippen molar-refractivity contribution < 1.29 is 9.21 Å². The van der Waals surface area contributed by atoms with Crippen molar-refractivity contribution in [3.63, 3.8) is 0 Å². The number of aromatic nitrogens is 1. The SMILES string of the molecule is O=C(/C=C\c1ccccn1)N[C@H](c1ccccc1)c1ccco1. The number of carbonyl (C=O) groups excluding carboxylic acids is 1. The lowest BCUT2D eigenvalue weighted by Gasteiger charge is -2.16. The van der Waals surface area contributed by atoms with Gasteiger partial charge in [-0.25, -0.2) is 0 Å². The van der Waals surface area contributed by atoms with Crippen LogP contribution < -0.4 is 5.32 Å². The maximum Gasteiger partial charge on any atom is 0.244 e. The number of furan rings is 1. The highest BCUT2D eigenvalue weighted by Crippen LogP contribution is 2.22. The Morgan fingerprint density at radius 1 is 1.04 bits per heavy atom. The number of nitrogens with one attached hydrogen (secondary N) is 1. The van der Waals surface area contributed by atoms with Crippen LogP contribution in [0, 0.1) is 0 Å². The largest absolute Gasteiger partial charge is 0.467 e. The quantitative estimate of drug-likeness (QED) is 0.733. The van der Waals surface area contributed by atoms with Gasteiger partial charge in [-0.2, -0.15) is 0 Å². The minimum Gasteiger partial charge on any atom is -0.467 e. The first-order chi connectivity index (χ1) is 11.3. The van der Waals surface area contributed by atoms with Crippen LogP contribution in [0.25, 0.3) is 6.08 Å². The van der Waals surface area contributed by atoms with E-state index in [1.807, 2.05) is 54.6 Å². The summed E-state index contributed by atoms with van der Waals surface area (Å²) in [7, 11) is 0. The Hall–Kier alpha value is -3.14. The molecule has 1 atom stereocenters. The molecule has 4 heteroatoms. The van der Waals surface area contributed by atoms with Crippen molar-refractivity contribution >= 4 is 12.0 Å². The second-order valence-corrected chi connectivity index (χ2v) is 4.96. The monoisotopic (exact) mass is 304 g/mol. The third kappa shape index (κ3) is 3.95. The van der Waals surface area contributed by atoms with E-state index in [1.165, 1.54) is 6.08 Å². The van der Waals surface area contributed by atoms with E-state index in [-0.39, 0.29) is 11.9 Å². The maximum absolute atomic E-state index is 12.2. The third-order valence-electron chi connectivity index (χ3n) is 3.34. The second-order valence-electron chi connectivity index (χ2n) is 4.96. The number of amides is 1. The summed E-state index contributed by atoms with van der Waals surface area (Å²) in [6, 6.07) is 18.6. The van der Waals surface area contributed by atoms with Gasteiger partial charge in [-0.05, 0) is 35.9 Å². The minimum atomic E-state index is -0.327. The predicted octanol–water partition coefficient (Wildman–Crippen LogP) is 3.59. The van der Waals surface area contributed by atoms with Crippen LogP contribution >= 0.6 is 0 Å². The van der Waals surface area contributed by atoms with Gasteiger partial charge in [0, 0.05) is 12.3 Å². The van der Waals surface area contributed by atoms with Crippen molar-refractivity contribution in [3.8, 4) is 0 Å². The predicted molar refractivity (Wildman–Crippen MR) is 88.4 cm³/mol. The molecule has 0 saturated heterocycles. The number of carbonyl (C=O) groups is 1. The van der Waals surface area contributed by atoms with Crippen molar-refractivity contribution in [1.29, 1.82) is 0 Å². The van der Waals surface area contributed by atoms with Gasteiger partial charge < -0.3 is 9.73 Å². The summed E-state index contributed by atoms with van der Waals surface area (Å²) in [4.78, 5) is 16.4. The van der Waals surface area contributed by atoms with Crippen LogP contribution in [0.15, 0.2) is 83.6 Å². The Bertz CT molecular complexity index is 766. The molecule has 0 unspecified atom stereocenters. The molecule has 1 amide bonds. The van der Waals surface area contributed by atoms with E-state index >= 15 is 0 Å². The van der Waals surface area contributed by atoms with Gasteiger partial charge in [0.25, 0.3) is 0 Å².